The highest BCUT2D eigenvalue weighted by atomic mass is 16.3. The fourth-order valence-corrected chi connectivity index (χ4v) is 1.73. The first-order valence-electron chi connectivity index (χ1n) is 6.12. The van der Waals surface area contributed by atoms with Crippen LogP contribution in [-0.2, 0) is 0 Å². The van der Waals surface area contributed by atoms with Crippen LogP contribution in [0, 0.1) is 0 Å². The zero-order chi connectivity index (χ0) is 13.8. The van der Waals surface area contributed by atoms with E-state index in [0.717, 1.165) is 0 Å². The van der Waals surface area contributed by atoms with Gasteiger partial charge in [0, 0.05) is 11.9 Å². The van der Waals surface area contributed by atoms with Crippen LogP contribution in [-0.4, -0.2) is 16.0 Å². The maximum absolute atomic E-state index is 12.0. The van der Waals surface area contributed by atoms with Crippen LogP contribution in [0.3, 0.4) is 0 Å². The maximum Gasteiger partial charge on any atom is 0.259 e. The van der Waals surface area contributed by atoms with Gasteiger partial charge in [-0.15, -0.1) is 0 Å². The number of hydrogen-bond acceptors (Lipinski definition) is 3. The molecule has 2 N–H and O–H groups in total. The molecule has 1 heterocycles. The van der Waals surface area contributed by atoms with E-state index in [1.54, 1.807) is 0 Å². The van der Waals surface area contributed by atoms with E-state index in [4.69, 9.17) is 0 Å². The maximum atomic E-state index is 12.0. The molecule has 0 aliphatic carbocycles. The summed E-state index contributed by atoms with van der Waals surface area (Å²) < 4.78 is 0. The highest BCUT2D eigenvalue weighted by Crippen LogP contribution is 2.19. The molecule has 0 atom stereocenters. The first kappa shape index (κ1) is 13.1. The summed E-state index contributed by atoms with van der Waals surface area (Å²) in [5, 5.41) is 12.3. The van der Waals surface area contributed by atoms with Crippen molar-refractivity contribution in [3.63, 3.8) is 0 Å². The molecule has 0 radical (unpaired) electrons. The Morgan fingerprint density at radius 2 is 1.89 bits per heavy atom. The lowest BCUT2D eigenvalue weighted by molar-refractivity contribution is 0.102. The lowest BCUT2D eigenvalue weighted by Gasteiger charge is -2.09. The number of aromatic hydroxyl groups is 1. The first-order valence-corrected chi connectivity index (χ1v) is 6.12. The van der Waals surface area contributed by atoms with Gasteiger partial charge in [-0.1, -0.05) is 26.0 Å². The Balaban J connectivity index is 2.13. The summed E-state index contributed by atoms with van der Waals surface area (Å²) in [5.74, 6) is -0.0232. The number of hydrogen-bond donors (Lipinski definition) is 2. The smallest absolute Gasteiger partial charge is 0.259 e. The molecule has 0 saturated carbocycles. The number of aromatic nitrogens is 1. The minimum absolute atomic E-state index is 0.126. The molecule has 0 unspecified atom stereocenters. The summed E-state index contributed by atoms with van der Waals surface area (Å²) in [7, 11) is 0. The summed E-state index contributed by atoms with van der Waals surface area (Å²) in [6.45, 7) is 4.23. The predicted octanol–water partition coefficient (Wildman–Crippen LogP) is 3.16. The summed E-state index contributed by atoms with van der Waals surface area (Å²) >= 11 is 0. The fraction of sp³-hybridized carbons (Fsp3) is 0.200. The molecular weight excluding hydrogens is 240 g/mol. The van der Waals surface area contributed by atoms with Crippen molar-refractivity contribution in [3.05, 3.63) is 53.9 Å². The largest absolute Gasteiger partial charge is 0.505 e. The van der Waals surface area contributed by atoms with E-state index in [-0.39, 0.29) is 17.2 Å². The monoisotopic (exact) mass is 256 g/mol. The van der Waals surface area contributed by atoms with E-state index < -0.39 is 0 Å². The summed E-state index contributed by atoms with van der Waals surface area (Å²) in [5.41, 5.74) is 2.12. The van der Waals surface area contributed by atoms with Crippen molar-refractivity contribution in [3.8, 4) is 5.75 Å². The third-order valence-electron chi connectivity index (χ3n) is 2.88. The molecular formula is C15H16N2O2. The van der Waals surface area contributed by atoms with Gasteiger partial charge in [0.05, 0.1) is 11.8 Å². The van der Waals surface area contributed by atoms with Crippen LogP contribution in [0.15, 0.2) is 42.7 Å². The molecule has 0 saturated heterocycles. The lowest BCUT2D eigenvalue weighted by atomic mass is 10.0. The molecule has 0 aliphatic heterocycles. The molecule has 4 nitrogen and oxygen atoms in total. The van der Waals surface area contributed by atoms with Gasteiger partial charge in [0.25, 0.3) is 5.91 Å². The van der Waals surface area contributed by atoms with E-state index in [1.165, 1.54) is 24.0 Å². The first-order chi connectivity index (χ1) is 9.08. The average molecular weight is 256 g/mol. The number of nitrogens with zero attached hydrogens (tertiary/aromatic N) is 1. The number of anilines is 1. The number of nitrogens with one attached hydrogen (secondary N) is 1. The number of carbonyl (C=O) groups is 1. The Morgan fingerprint density at radius 3 is 2.47 bits per heavy atom. The molecule has 0 aliphatic rings. The number of rotatable bonds is 3. The fourth-order valence-electron chi connectivity index (χ4n) is 1.73. The standard InChI is InChI=1S/C15H16N2O2/c1-10(2)11-3-5-12(6-4-11)17-15(19)13-7-8-16-9-14(13)18/h3-10,18H,1-2H3,(H,17,19). The van der Waals surface area contributed by atoms with Crippen molar-refractivity contribution >= 4 is 11.6 Å². The van der Waals surface area contributed by atoms with E-state index in [9.17, 15) is 9.90 Å². The summed E-state index contributed by atoms with van der Waals surface area (Å²) in [4.78, 5) is 15.7. The van der Waals surface area contributed by atoms with E-state index in [0.29, 0.717) is 11.6 Å². The van der Waals surface area contributed by atoms with Crippen LogP contribution < -0.4 is 5.32 Å². The Kier molecular flexibility index (Phi) is 3.80. The Labute approximate surface area is 112 Å². The molecule has 0 fully saturated rings. The molecule has 98 valence electrons. The van der Waals surface area contributed by atoms with Crippen LogP contribution in [0.1, 0.15) is 35.7 Å². The van der Waals surface area contributed by atoms with Gasteiger partial charge in [0.2, 0.25) is 0 Å². The van der Waals surface area contributed by atoms with Gasteiger partial charge >= 0.3 is 0 Å². The van der Waals surface area contributed by atoms with Gasteiger partial charge in [0.1, 0.15) is 5.75 Å². The predicted molar refractivity (Wildman–Crippen MR) is 74.4 cm³/mol. The molecule has 4 heteroatoms. The van der Waals surface area contributed by atoms with Crippen molar-refractivity contribution in [1.29, 1.82) is 0 Å². The van der Waals surface area contributed by atoms with Gasteiger partial charge < -0.3 is 10.4 Å². The van der Waals surface area contributed by atoms with Crippen molar-refractivity contribution < 1.29 is 9.90 Å². The van der Waals surface area contributed by atoms with Crippen LogP contribution in [0.25, 0.3) is 0 Å². The second kappa shape index (κ2) is 5.52. The van der Waals surface area contributed by atoms with Crippen molar-refractivity contribution in [1.82, 2.24) is 4.98 Å². The number of carbonyl (C=O) groups excluding carboxylic acids is 1. The van der Waals surface area contributed by atoms with Gasteiger partial charge in [-0.2, -0.15) is 0 Å². The molecule has 1 amide bonds. The SMILES string of the molecule is CC(C)c1ccc(NC(=O)c2ccncc2O)cc1. The summed E-state index contributed by atoms with van der Waals surface area (Å²) in [6.07, 6.45) is 2.72. The second-order valence-electron chi connectivity index (χ2n) is 4.62. The molecule has 1 aromatic carbocycles. The highest BCUT2D eigenvalue weighted by molar-refractivity contribution is 6.05. The average Bonchev–Trinajstić information content (AvgIpc) is 2.39. The number of pyridine rings is 1. The summed E-state index contributed by atoms with van der Waals surface area (Å²) in [6, 6.07) is 9.14. The lowest BCUT2D eigenvalue weighted by Crippen LogP contribution is -2.12. The number of benzene rings is 1. The molecule has 0 spiro atoms. The topological polar surface area (TPSA) is 62.2 Å². The molecule has 19 heavy (non-hydrogen) atoms. The van der Waals surface area contributed by atoms with E-state index in [1.807, 2.05) is 24.3 Å². The zero-order valence-corrected chi connectivity index (χ0v) is 10.9. The van der Waals surface area contributed by atoms with Gasteiger partial charge in [-0.25, -0.2) is 0 Å². The second-order valence-corrected chi connectivity index (χ2v) is 4.62. The van der Waals surface area contributed by atoms with Gasteiger partial charge in [0.15, 0.2) is 0 Å². The van der Waals surface area contributed by atoms with Crippen LogP contribution in [0.2, 0.25) is 0 Å². The molecule has 2 rings (SSSR count). The Bertz CT molecular complexity index is 577. The van der Waals surface area contributed by atoms with E-state index >= 15 is 0 Å². The normalized spacial score (nSPS) is 10.5. The Hall–Kier alpha value is -2.36. The number of amides is 1. The van der Waals surface area contributed by atoms with Gasteiger partial charge in [-0.3, -0.25) is 9.78 Å². The third-order valence-corrected chi connectivity index (χ3v) is 2.88. The highest BCUT2D eigenvalue weighted by Gasteiger charge is 2.10. The quantitative estimate of drug-likeness (QED) is 0.886. The minimum Gasteiger partial charge on any atom is -0.505 e. The van der Waals surface area contributed by atoms with Gasteiger partial charge in [-0.05, 0) is 29.7 Å². The van der Waals surface area contributed by atoms with Crippen LogP contribution >= 0.6 is 0 Å². The van der Waals surface area contributed by atoms with Crippen molar-refractivity contribution in [2.24, 2.45) is 0 Å². The van der Waals surface area contributed by atoms with Crippen molar-refractivity contribution in [2.75, 3.05) is 5.32 Å². The Morgan fingerprint density at radius 1 is 1.21 bits per heavy atom. The molecule has 1 aromatic heterocycles. The van der Waals surface area contributed by atoms with Crippen LogP contribution in [0.4, 0.5) is 5.69 Å². The minimum atomic E-state index is -0.350. The van der Waals surface area contributed by atoms with E-state index in [2.05, 4.69) is 24.1 Å². The zero-order valence-electron chi connectivity index (χ0n) is 10.9. The third kappa shape index (κ3) is 3.10. The molecule has 2 aromatic rings. The molecule has 0 bridgehead atoms. The van der Waals surface area contributed by atoms with Crippen molar-refractivity contribution in [2.45, 2.75) is 19.8 Å². The van der Waals surface area contributed by atoms with Crippen LogP contribution in [0.5, 0.6) is 5.75 Å².